The van der Waals surface area contributed by atoms with Gasteiger partial charge in [0.05, 0.1) is 30.6 Å². The van der Waals surface area contributed by atoms with Crippen molar-refractivity contribution in [2.24, 2.45) is 0 Å². The van der Waals surface area contributed by atoms with Crippen LogP contribution in [0.4, 0.5) is 11.5 Å². The molecule has 1 aliphatic heterocycles. The second-order valence-corrected chi connectivity index (χ2v) is 9.64. The minimum absolute atomic E-state index is 0.00899. The standard InChI is InChI=1S/C26H24N4O6S/c1-35-16-10-11-20(36-2)17(12-16)21-22-18(4-3-5-19(22)31)27-24-23(21)25(32)29-26(28-24)37-13-14-6-8-15(9-7-14)30(33)34/h6-12,21H,3-5,13H2,1-2H3,(H2,27,28,29,32). The molecule has 0 saturated carbocycles. The number of non-ortho nitro benzene ring substituents is 1. The fourth-order valence-corrected chi connectivity index (χ4v) is 5.57. The van der Waals surface area contributed by atoms with Crippen LogP contribution in [-0.2, 0) is 10.5 Å². The number of fused-ring (bicyclic) bond motifs is 1. The summed E-state index contributed by atoms with van der Waals surface area (Å²) in [5, 5.41) is 14.6. The van der Waals surface area contributed by atoms with Crippen molar-refractivity contribution in [2.75, 3.05) is 19.5 Å². The van der Waals surface area contributed by atoms with E-state index < -0.39 is 10.8 Å². The van der Waals surface area contributed by atoms with Crippen LogP contribution in [0, 0.1) is 10.1 Å². The predicted molar refractivity (Wildman–Crippen MR) is 138 cm³/mol. The number of allylic oxidation sites excluding steroid dienone is 2. The zero-order valence-corrected chi connectivity index (χ0v) is 21.0. The Kier molecular flexibility index (Phi) is 6.70. The molecule has 5 rings (SSSR count). The number of ether oxygens (including phenoxy) is 2. The van der Waals surface area contributed by atoms with Crippen molar-refractivity contribution in [3.05, 3.63) is 90.9 Å². The number of rotatable bonds is 7. The van der Waals surface area contributed by atoms with Crippen molar-refractivity contribution in [3.63, 3.8) is 0 Å². The van der Waals surface area contributed by atoms with Gasteiger partial charge in [-0.15, -0.1) is 0 Å². The summed E-state index contributed by atoms with van der Waals surface area (Å²) in [4.78, 5) is 44.6. The van der Waals surface area contributed by atoms with E-state index in [1.165, 1.54) is 23.9 Å². The number of nitrogens with one attached hydrogen (secondary N) is 2. The fraction of sp³-hybridized carbons (Fsp3) is 0.269. The molecule has 0 amide bonds. The summed E-state index contributed by atoms with van der Waals surface area (Å²) in [5.41, 5.74) is 2.84. The second kappa shape index (κ2) is 10.1. The molecule has 1 aromatic heterocycles. The number of aromatic amines is 1. The van der Waals surface area contributed by atoms with Crippen molar-refractivity contribution >= 4 is 29.1 Å². The molecule has 37 heavy (non-hydrogen) atoms. The van der Waals surface area contributed by atoms with Crippen LogP contribution in [0.15, 0.2) is 63.7 Å². The molecule has 0 saturated heterocycles. The van der Waals surface area contributed by atoms with Gasteiger partial charge in [0.25, 0.3) is 11.2 Å². The average Bonchev–Trinajstić information content (AvgIpc) is 2.90. The van der Waals surface area contributed by atoms with Crippen molar-refractivity contribution < 1.29 is 19.2 Å². The van der Waals surface area contributed by atoms with E-state index in [1.54, 1.807) is 44.6 Å². The summed E-state index contributed by atoms with van der Waals surface area (Å²) in [5.74, 6) is 1.32. The summed E-state index contributed by atoms with van der Waals surface area (Å²) >= 11 is 1.31. The maximum absolute atomic E-state index is 13.5. The van der Waals surface area contributed by atoms with Gasteiger partial charge >= 0.3 is 0 Å². The van der Waals surface area contributed by atoms with Gasteiger partial charge in [-0.25, -0.2) is 4.98 Å². The quantitative estimate of drug-likeness (QED) is 0.199. The number of carbonyl (C=O) groups is 1. The molecule has 190 valence electrons. The Morgan fingerprint density at radius 3 is 2.59 bits per heavy atom. The minimum Gasteiger partial charge on any atom is -0.497 e. The largest absolute Gasteiger partial charge is 0.497 e. The highest BCUT2D eigenvalue weighted by molar-refractivity contribution is 7.98. The van der Waals surface area contributed by atoms with Crippen LogP contribution < -0.4 is 20.3 Å². The zero-order chi connectivity index (χ0) is 26.1. The van der Waals surface area contributed by atoms with Crippen LogP contribution in [0.1, 0.15) is 41.9 Å². The third kappa shape index (κ3) is 4.69. The number of thioether (sulfide) groups is 1. The van der Waals surface area contributed by atoms with E-state index >= 15 is 0 Å². The molecule has 0 fully saturated rings. The number of nitro benzene ring substituents is 1. The molecule has 2 N–H and O–H groups in total. The number of ketones is 1. The van der Waals surface area contributed by atoms with Crippen LogP contribution >= 0.6 is 11.8 Å². The van der Waals surface area contributed by atoms with Crippen molar-refractivity contribution in [1.82, 2.24) is 9.97 Å². The number of Topliss-reactive ketones (excluding diaryl/α,β-unsaturated/α-hetero) is 1. The van der Waals surface area contributed by atoms with Gasteiger partial charge in [-0.3, -0.25) is 19.7 Å². The third-order valence-electron chi connectivity index (χ3n) is 6.51. The number of aromatic nitrogens is 2. The molecule has 1 atom stereocenters. The molecule has 1 aliphatic carbocycles. The lowest BCUT2D eigenvalue weighted by atomic mass is 9.76. The summed E-state index contributed by atoms with van der Waals surface area (Å²) in [7, 11) is 3.10. The lowest BCUT2D eigenvalue weighted by Gasteiger charge is -2.33. The highest BCUT2D eigenvalue weighted by Crippen LogP contribution is 2.46. The smallest absolute Gasteiger partial charge is 0.269 e. The summed E-state index contributed by atoms with van der Waals surface area (Å²) in [6, 6.07) is 11.6. The number of benzene rings is 2. The van der Waals surface area contributed by atoms with E-state index in [1.807, 2.05) is 0 Å². The maximum Gasteiger partial charge on any atom is 0.269 e. The van der Waals surface area contributed by atoms with Crippen LogP contribution in [-0.4, -0.2) is 34.9 Å². The molecular weight excluding hydrogens is 496 g/mol. The predicted octanol–water partition coefficient (Wildman–Crippen LogP) is 4.55. The van der Waals surface area contributed by atoms with Crippen LogP contribution in [0.5, 0.6) is 11.5 Å². The summed E-state index contributed by atoms with van der Waals surface area (Å²) in [6.45, 7) is 0. The first kappa shape index (κ1) is 24.6. The first-order valence-corrected chi connectivity index (χ1v) is 12.6. The van der Waals surface area contributed by atoms with Gasteiger partial charge in [-0.1, -0.05) is 23.9 Å². The first-order chi connectivity index (χ1) is 17.9. The Bertz CT molecular complexity index is 1480. The molecule has 2 heterocycles. The molecule has 11 heteroatoms. The second-order valence-electron chi connectivity index (χ2n) is 8.68. The molecule has 0 spiro atoms. The Morgan fingerprint density at radius 2 is 1.89 bits per heavy atom. The minimum atomic E-state index is -0.658. The Balaban J connectivity index is 1.55. The molecule has 2 aromatic carbocycles. The van der Waals surface area contributed by atoms with Gasteiger partial charge in [0.15, 0.2) is 10.9 Å². The monoisotopic (exact) mass is 520 g/mol. The average molecular weight is 521 g/mol. The number of carbonyl (C=O) groups excluding carboxylic acids is 1. The van der Waals surface area contributed by atoms with Gasteiger partial charge < -0.3 is 19.8 Å². The van der Waals surface area contributed by atoms with E-state index in [4.69, 9.17) is 14.5 Å². The van der Waals surface area contributed by atoms with Crippen LogP contribution in [0.2, 0.25) is 0 Å². The van der Waals surface area contributed by atoms with Gasteiger partial charge in [0, 0.05) is 41.1 Å². The number of methoxy groups -OCH3 is 2. The third-order valence-corrected chi connectivity index (χ3v) is 7.45. The topological polar surface area (TPSA) is 136 Å². The van der Waals surface area contributed by atoms with Crippen LogP contribution in [0.3, 0.4) is 0 Å². The number of H-pyrrole nitrogens is 1. The van der Waals surface area contributed by atoms with E-state index in [9.17, 15) is 19.7 Å². The number of hydrogen-bond acceptors (Lipinski definition) is 9. The van der Waals surface area contributed by atoms with E-state index in [0.29, 0.717) is 64.2 Å². The lowest BCUT2D eigenvalue weighted by Crippen LogP contribution is -2.33. The zero-order valence-electron chi connectivity index (χ0n) is 20.2. The molecule has 10 nitrogen and oxygen atoms in total. The van der Waals surface area contributed by atoms with Gasteiger partial charge in [0.1, 0.15) is 17.3 Å². The number of hydrogen-bond donors (Lipinski definition) is 2. The van der Waals surface area contributed by atoms with Gasteiger partial charge in [0.2, 0.25) is 0 Å². The Morgan fingerprint density at radius 1 is 1.11 bits per heavy atom. The molecule has 3 aromatic rings. The van der Waals surface area contributed by atoms with E-state index in [2.05, 4.69) is 10.3 Å². The normalized spacial score (nSPS) is 16.5. The highest BCUT2D eigenvalue weighted by atomic mass is 32.2. The van der Waals surface area contributed by atoms with Gasteiger partial charge in [-0.05, 0) is 36.6 Å². The van der Waals surface area contributed by atoms with Crippen LogP contribution in [0.25, 0.3) is 0 Å². The maximum atomic E-state index is 13.5. The van der Waals surface area contributed by atoms with Crippen molar-refractivity contribution in [2.45, 2.75) is 36.1 Å². The highest BCUT2D eigenvalue weighted by Gasteiger charge is 2.39. The Hall–Kier alpha value is -4.12. The summed E-state index contributed by atoms with van der Waals surface area (Å²) < 4.78 is 11.0. The van der Waals surface area contributed by atoms with Crippen molar-refractivity contribution in [3.8, 4) is 11.5 Å². The molecule has 2 aliphatic rings. The number of nitro groups is 1. The van der Waals surface area contributed by atoms with E-state index in [0.717, 1.165) is 11.3 Å². The Labute approximate surface area is 216 Å². The SMILES string of the molecule is COc1ccc(OC)c(C2C3=C(CCCC3=O)Nc3nc(SCc4ccc([N+](=O)[O-])cc4)[nH]c(=O)c32)c1. The number of anilines is 1. The fourth-order valence-electron chi connectivity index (χ4n) is 4.75. The number of nitrogens with zero attached hydrogens (tertiary/aromatic N) is 2. The molecule has 0 radical (unpaired) electrons. The molecule has 1 unspecified atom stereocenters. The first-order valence-electron chi connectivity index (χ1n) is 11.6. The van der Waals surface area contributed by atoms with Gasteiger partial charge in [-0.2, -0.15) is 0 Å². The summed E-state index contributed by atoms with van der Waals surface area (Å²) in [6.07, 6.45) is 1.79. The molecule has 0 bridgehead atoms. The lowest BCUT2D eigenvalue weighted by molar-refractivity contribution is -0.384. The molecular formula is C26H24N4O6S. The van der Waals surface area contributed by atoms with E-state index in [-0.39, 0.29) is 17.0 Å². The van der Waals surface area contributed by atoms with Crippen molar-refractivity contribution in [1.29, 1.82) is 0 Å².